The van der Waals surface area contributed by atoms with Crippen LogP contribution in [0.1, 0.15) is 38.6 Å². The van der Waals surface area contributed by atoms with Gasteiger partial charge in [-0.15, -0.1) is 0 Å². The number of carbonyl (C=O) groups is 2. The molecule has 0 bridgehead atoms. The fraction of sp³-hybridized carbons (Fsp3) is 0.265. The van der Waals surface area contributed by atoms with Gasteiger partial charge in [0, 0.05) is 29.3 Å². The Morgan fingerprint density at radius 3 is 2.49 bits per heavy atom. The highest BCUT2D eigenvalue weighted by Crippen LogP contribution is 2.34. The predicted octanol–water partition coefficient (Wildman–Crippen LogP) is 7.01. The molecule has 0 radical (unpaired) electrons. The van der Waals surface area contributed by atoms with Crippen LogP contribution in [-0.4, -0.2) is 51.5 Å². The Morgan fingerprint density at radius 2 is 1.74 bits per heavy atom. The van der Waals surface area contributed by atoms with E-state index in [-0.39, 0.29) is 17.9 Å². The van der Waals surface area contributed by atoms with Gasteiger partial charge in [0.2, 0.25) is 5.91 Å². The van der Waals surface area contributed by atoms with Crippen molar-refractivity contribution >= 4 is 34.3 Å². The van der Waals surface area contributed by atoms with Gasteiger partial charge in [-0.05, 0) is 59.7 Å². The molecule has 2 atom stereocenters. The molecular formula is C34H36N6O3. The van der Waals surface area contributed by atoms with Crippen LogP contribution in [0.5, 0.6) is 0 Å². The maximum Gasteiger partial charge on any atom is 0.407 e. The molecule has 1 aliphatic rings. The second-order valence-corrected chi connectivity index (χ2v) is 11.3. The van der Waals surface area contributed by atoms with Gasteiger partial charge in [0.15, 0.2) is 0 Å². The van der Waals surface area contributed by atoms with E-state index in [1.54, 1.807) is 0 Å². The second kappa shape index (κ2) is 12.1. The van der Waals surface area contributed by atoms with Gasteiger partial charge in [-0.2, -0.15) is 0 Å². The van der Waals surface area contributed by atoms with Crippen molar-refractivity contribution in [2.24, 2.45) is 5.92 Å². The van der Waals surface area contributed by atoms with Crippen molar-refractivity contribution in [3.8, 4) is 22.4 Å². The molecule has 1 aliphatic heterocycles. The molecule has 9 nitrogen and oxygen atoms in total. The van der Waals surface area contributed by atoms with Crippen LogP contribution in [0, 0.1) is 5.92 Å². The Bertz CT molecular complexity index is 1720. The van der Waals surface area contributed by atoms with Gasteiger partial charge in [-0.1, -0.05) is 62.4 Å². The summed E-state index contributed by atoms with van der Waals surface area (Å²) in [4.78, 5) is 38.6. The first-order valence-corrected chi connectivity index (χ1v) is 14.6. The number of fused-ring (bicyclic) bond motifs is 1. The van der Waals surface area contributed by atoms with Crippen molar-refractivity contribution in [2.45, 2.75) is 38.8 Å². The summed E-state index contributed by atoms with van der Waals surface area (Å²) < 4.78 is 4.74. The Kier molecular flexibility index (Phi) is 7.87. The van der Waals surface area contributed by atoms with Gasteiger partial charge in [0.05, 0.1) is 30.7 Å². The predicted molar refractivity (Wildman–Crippen MR) is 169 cm³/mol. The third kappa shape index (κ3) is 5.83. The average Bonchev–Trinajstić information content (AvgIpc) is 3.80. The van der Waals surface area contributed by atoms with E-state index in [0.717, 1.165) is 63.3 Å². The molecule has 4 N–H and O–H groups in total. The van der Waals surface area contributed by atoms with Gasteiger partial charge in [0.25, 0.3) is 0 Å². The van der Waals surface area contributed by atoms with E-state index in [0.29, 0.717) is 6.54 Å². The standard InChI is InChI=1S/C34H36N6O3/c1-21(2)31(39-34(42)43-3)33(41)40-17-7-10-30(40)32-36-19-28(38-32)23-13-11-22(12-14-23)24-15-16-27-26(18-24)29(20-35-27)37-25-8-5-4-6-9-25/h4-6,8-9,11-16,18-21,30-31,35,37H,7,10,17H2,1-3H3,(H,36,38)(H,39,42). The Labute approximate surface area is 250 Å². The normalized spacial score (nSPS) is 15.5. The van der Waals surface area contributed by atoms with Crippen LogP contribution >= 0.6 is 0 Å². The molecule has 3 heterocycles. The molecule has 5 aromatic rings. The molecule has 0 aliphatic carbocycles. The minimum atomic E-state index is -0.661. The monoisotopic (exact) mass is 576 g/mol. The Balaban J connectivity index is 1.19. The first-order valence-electron chi connectivity index (χ1n) is 14.6. The minimum absolute atomic E-state index is 0.0804. The van der Waals surface area contributed by atoms with Crippen LogP contribution in [-0.2, 0) is 9.53 Å². The number of H-pyrrole nitrogens is 2. The Morgan fingerprint density at radius 1 is 1.00 bits per heavy atom. The lowest BCUT2D eigenvalue weighted by Gasteiger charge is -2.30. The number of aromatic amines is 2. The summed E-state index contributed by atoms with van der Waals surface area (Å²) in [7, 11) is 1.30. The first kappa shape index (κ1) is 28.1. The number of ether oxygens (including phenoxy) is 1. The number of aromatic nitrogens is 3. The molecule has 9 heteroatoms. The van der Waals surface area contributed by atoms with Gasteiger partial charge >= 0.3 is 6.09 Å². The number of methoxy groups -OCH3 is 1. The van der Waals surface area contributed by atoms with Crippen LogP contribution in [0.15, 0.2) is 85.2 Å². The van der Waals surface area contributed by atoms with E-state index in [1.165, 1.54) is 7.11 Å². The van der Waals surface area contributed by atoms with Crippen molar-refractivity contribution in [2.75, 3.05) is 19.0 Å². The molecule has 2 amide bonds. The van der Waals surface area contributed by atoms with E-state index in [4.69, 9.17) is 4.74 Å². The van der Waals surface area contributed by atoms with Crippen molar-refractivity contribution < 1.29 is 14.3 Å². The molecule has 2 unspecified atom stereocenters. The summed E-state index contributed by atoms with van der Waals surface area (Å²) in [5.41, 5.74) is 7.29. The number of anilines is 2. The zero-order valence-corrected chi connectivity index (χ0v) is 24.6. The molecule has 1 fully saturated rings. The number of amides is 2. The van der Waals surface area contributed by atoms with E-state index >= 15 is 0 Å². The number of para-hydroxylation sites is 1. The highest BCUT2D eigenvalue weighted by Gasteiger charge is 2.37. The summed E-state index contributed by atoms with van der Waals surface area (Å²) >= 11 is 0. The largest absolute Gasteiger partial charge is 0.453 e. The molecule has 2 aromatic heterocycles. The van der Waals surface area contributed by atoms with Crippen molar-refractivity contribution in [1.29, 1.82) is 0 Å². The molecule has 0 saturated carbocycles. The first-order chi connectivity index (χ1) is 20.9. The number of nitrogens with zero attached hydrogens (tertiary/aromatic N) is 2. The third-order valence-electron chi connectivity index (χ3n) is 8.10. The lowest BCUT2D eigenvalue weighted by atomic mass is 10.0. The van der Waals surface area contributed by atoms with Crippen LogP contribution in [0.25, 0.3) is 33.3 Å². The maximum absolute atomic E-state index is 13.5. The van der Waals surface area contributed by atoms with Gasteiger partial charge in [-0.3, -0.25) is 4.79 Å². The third-order valence-corrected chi connectivity index (χ3v) is 8.10. The minimum Gasteiger partial charge on any atom is -0.453 e. The van der Waals surface area contributed by atoms with Crippen LogP contribution in [0.2, 0.25) is 0 Å². The molecular weight excluding hydrogens is 540 g/mol. The number of carbonyl (C=O) groups excluding carboxylic acids is 2. The van der Waals surface area contributed by atoms with Crippen LogP contribution in [0.4, 0.5) is 16.2 Å². The van der Waals surface area contributed by atoms with Gasteiger partial charge < -0.3 is 30.2 Å². The van der Waals surface area contributed by atoms with Crippen molar-refractivity contribution in [1.82, 2.24) is 25.2 Å². The number of hydrogen-bond donors (Lipinski definition) is 4. The van der Waals surface area contributed by atoms with Crippen LogP contribution in [0.3, 0.4) is 0 Å². The molecule has 6 rings (SSSR count). The SMILES string of the molecule is COC(=O)NC(C(=O)N1CCCC1c1ncc(-c2ccc(-c3ccc4[nH]cc(Nc5ccccc5)c4c3)cc2)[nH]1)C(C)C. The fourth-order valence-electron chi connectivity index (χ4n) is 5.77. The zero-order chi connectivity index (χ0) is 29.9. The highest BCUT2D eigenvalue weighted by atomic mass is 16.5. The topological polar surface area (TPSA) is 115 Å². The second-order valence-electron chi connectivity index (χ2n) is 11.3. The molecule has 1 saturated heterocycles. The van der Waals surface area contributed by atoms with Gasteiger partial charge in [0.1, 0.15) is 11.9 Å². The van der Waals surface area contributed by atoms with E-state index in [9.17, 15) is 9.59 Å². The summed E-state index contributed by atoms with van der Waals surface area (Å²) in [6.45, 7) is 4.44. The molecule has 3 aromatic carbocycles. The number of rotatable bonds is 8. The number of benzene rings is 3. The van der Waals surface area contributed by atoms with Crippen LogP contribution < -0.4 is 10.6 Å². The van der Waals surface area contributed by atoms with E-state index in [1.807, 2.05) is 49.3 Å². The number of likely N-dealkylation sites (tertiary alicyclic amines) is 1. The summed E-state index contributed by atoms with van der Waals surface area (Å²) in [5, 5.41) is 7.33. The quantitative estimate of drug-likeness (QED) is 0.159. The van der Waals surface area contributed by atoms with E-state index in [2.05, 4.69) is 80.2 Å². The molecule has 43 heavy (non-hydrogen) atoms. The van der Waals surface area contributed by atoms with E-state index < -0.39 is 12.1 Å². The summed E-state index contributed by atoms with van der Waals surface area (Å²) in [5.74, 6) is 0.553. The lowest BCUT2D eigenvalue weighted by Crippen LogP contribution is -2.51. The zero-order valence-electron chi connectivity index (χ0n) is 24.6. The summed E-state index contributed by atoms with van der Waals surface area (Å²) in [6.07, 6.45) is 4.90. The smallest absolute Gasteiger partial charge is 0.407 e. The lowest BCUT2D eigenvalue weighted by molar-refractivity contribution is -0.135. The highest BCUT2D eigenvalue weighted by molar-refractivity contribution is 5.97. The molecule has 0 spiro atoms. The number of hydrogen-bond acceptors (Lipinski definition) is 5. The number of nitrogens with one attached hydrogen (secondary N) is 4. The van der Waals surface area contributed by atoms with Gasteiger partial charge in [-0.25, -0.2) is 9.78 Å². The fourth-order valence-corrected chi connectivity index (χ4v) is 5.77. The Hall–Kier alpha value is -5.05. The summed E-state index contributed by atoms with van der Waals surface area (Å²) in [6, 6.07) is 24.1. The average molecular weight is 577 g/mol. The number of imidazole rings is 1. The van der Waals surface area contributed by atoms with Crippen molar-refractivity contribution in [3.05, 3.63) is 91.0 Å². The van der Waals surface area contributed by atoms with Crippen molar-refractivity contribution in [3.63, 3.8) is 0 Å². The number of alkyl carbamates (subject to hydrolysis) is 1. The maximum atomic E-state index is 13.5. The molecule has 220 valence electrons.